The van der Waals surface area contributed by atoms with Crippen LogP contribution in [0.1, 0.15) is 0 Å². The first-order valence-corrected chi connectivity index (χ1v) is 6.07. The fraction of sp³-hybridized carbons (Fsp3) is 1.00. The van der Waals surface area contributed by atoms with Gasteiger partial charge < -0.3 is 19.3 Å². The van der Waals surface area contributed by atoms with Gasteiger partial charge in [0, 0.05) is 11.5 Å². The van der Waals surface area contributed by atoms with E-state index in [1.165, 1.54) is 0 Å². The fourth-order valence-corrected chi connectivity index (χ4v) is 1.02. The second kappa shape index (κ2) is 8.67. The van der Waals surface area contributed by atoms with Gasteiger partial charge in [-0.2, -0.15) is 0 Å². The van der Waals surface area contributed by atoms with Gasteiger partial charge in [-0.3, -0.25) is 4.57 Å². The first-order chi connectivity index (χ1) is 7.06. The van der Waals surface area contributed by atoms with E-state index in [4.69, 9.17) is 24.8 Å². The average Bonchev–Trinajstić information content (AvgIpc) is 2.14. The van der Waals surface area contributed by atoms with E-state index >= 15 is 0 Å². The Morgan fingerprint density at radius 1 is 1.20 bits per heavy atom. The Hall–Kier alpha value is -0.620. The van der Waals surface area contributed by atoms with Gasteiger partial charge in [0.1, 0.15) is 0 Å². The van der Waals surface area contributed by atoms with Crippen molar-refractivity contribution in [3.8, 4) is 0 Å². The number of nitrogens with zero attached hydrogens (tertiary/aromatic N) is 3. The summed E-state index contributed by atoms with van der Waals surface area (Å²) in [5.41, 5.74) is 7.92. The molecule has 0 saturated heterocycles. The SMILES string of the molecule is [N-]=[N+]=NCCOCCOCCP(=O)(O)O. The summed E-state index contributed by atoms with van der Waals surface area (Å²) in [5.74, 6) is 0. The van der Waals surface area contributed by atoms with Crippen LogP contribution in [-0.2, 0) is 14.0 Å². The molecule has 0 amide bonds. The van der Waals surface area contributed by atoms with E-state index in [1.54, 1.807) is 0 Å². The molecule has 15 heavy (non-hydrogen) atoms. The molecule has 0 unspecified atom stereocenters. The first kappa shape index (κ1) is 14.4. The summed E-state index contributed by atoms with van der Waals surface area (Å²) in [7, 11) is -3.96. The molecule has 0 rings (SSSR count). The molecule has 0 spiro atoms. The molecule has 2 N–H and O–H groups in total. The Kier molecular flexibility index (Phi) is 8.31. The van der Waals surface area contributed by atoms with Crippen LogP contribution >= 0.6 is 7.60 Å². The molecule has 0 saturated carbocycles. The molecule has 0 aromatic carbocycles. The van der Waals surface area contributed by atoms with E-state index in [-0.39, 0.29) is 25.9 Å². The first-order valence-electron chi connectivity index (χ1n) is 4.27. The zero-order valence-electron chi connectivity index (χ0n) is 8.15. The lowest BCUT2D eigenvalue weighted by atomic mass is 10.7. The van der Waals surface area contributed by atoms with Crippen LogP contribution in [0.5, 0.6) is 0 Å². The Balaban J connectivity index is 3.12. The molecule has 0 heterocycles. The summed E-state index contributed by atoms with van der Waals surface area (Å²) in [6, 6.07) is 0. The number of hydrogen-bond donors (Lipinski definition) is 2. The van der Waals surface area contributed by atoms with Crippen LogP contribution in [0.3, 0.4) is 0 Å². The summed E-state index contributed by atoms with van der Waals surface area (Å²) in [5, 5.41) is 3.25. The Labute approximate surface area is 87.0 Å². The highest BCUT2D eigenvalue weighted by atomic mass is 31.2. The van der Waals surface area contributed by atoms with Gasteiger partial charge in [0.05, 0.1) is 32.6 Å². The zero-order valence-corrected chi connectivity index (χ0v) is 9.05. The van der Waals surface area contributed by atoms with Gasteiger partial charge in [-0.05, 0) is 5.53 Å². The molecular weight excluding hydrogens is 225 g/mol. The minimum atomic E-state index is -3.96. The summed E-state index contributed by atoms with van der Waals surface area (Å²) >= 11 is 0. The summed E-state index contributed by atoms with van der Waals surface area (Å²) in [6.07, 6.45) is -0.286. The average molecular weight is 239 g/mol. The largest absolute Gasteiger partial charge is 0.379 e. The predicted octanol–water partition coefficient (Wildman–Crippen LogP) is 0.508. The Morgan fingerprint density at radius 2 is 1.80 bits per heavy atom. The van der Waals surface area contributed by atoms with Crippen LogP contribution in [0.15, 0.2) is 5.11 Å². The van der Waals surface area contributed by atoms with Crippen molar-refractivity contribution in [3.05, 3.63) is 10.4 Å². The molecule has 0 aliphatic rings. The highest BCUT2D eigenvalue weighted by Crippen LogP contribution is 2.33. The molecule has 0 radical (unpaired) electrons. The molecule has 0 aliphatic carbocycles. The van der Waals surface area contributed by atoms with E-state index in [0.717, 1.165) is 0 Å². The number of rotatable bonds is 9. The van der Waals surface area contributed by atoms with Gasteiger partial charge in [0.2, 0.25) is 0 Å². The van der Waals surface area contributed by atoms with Crippen LogP contribution in [0.25, 0.3) is 10.4 Å². The van der Waals surface area contributed by atoms with E-state index in [9.17, 15) is 4.57 Å². The molecule has 0 aliphatic heterocycles. The van der Waals surface area contributed by atoms with E-state index < -0.39 is 7.60 Å². The molecule has 0 bridgehead atoms. The number of azide groups is 1. The lowest BCUT2D eigenvalue weighted by Gasteiger charge is -2.05. The normalized spacial score (nSPS) is 11.1. The van der Waals surface area contributed by atoms with Gasteiger partial charge in [-0.1, -0.05) is 5.11 Å². The van der Waals surface area contributed by atoms with Crippen molar-refractivity contribution in [3.63, 3.8) is 0 Å². The maximum Gasteiger partial charge on any atom is 0.327 e. The van der Waals surface area contributed by atoms with Crippen molar-refractivity contribution in [2.24, 2.45) is 5.11 Å². The van der Waals surface area contributed by atoms with Crippen molar-refractivity contribution >= 4 is 7.60 Å². The van der Waals surface area contributed by atoms with E-state index in [0.29, 0.717) is 13.2 Å². The molecular formula is C6H14N3O5P. The molecule has 0 atom stereocenters. The van der Waals surface area contributed by atoms with Crippen molar-refractivity contribution < 1.29 is 23.8 Å². The topological polar surface area (TPSA) is 125 Å². The fourth-order valence-electron chi connectivity index (χ4n) is 0.656. The zero-order chi connectivity index (χ0) is 11.6. The van der Waals surface area contributed by atoms with Crippen LogP contribution in [0.2, 0.25) is 0 Å². The third kappa shape index (κ3) is 13.4. The van der Waals surface area contributed by atoms with Crippen LogP contribution in [0, 0.1) is 0 Å². The lowest BCUT2D eigenvalue weighted by Crippen LogP contribution is -2.09. The third-order valence-corrected chi connectivity index (χ3v) is 2.06. The molecule has 0 aromatic rings. The van der Waals surface area contributed by atoms with Crippen LogP contribution in [-0.4, -0.2) is 48.9 Å². The monoisotopic (exact) mass is 239 g/mol. The highest BCUT2D eigenvalue weighted by Gasteiger charge is 2.11. The number of ether oxygens (including phenoxy) is 2. The predicted molar refractivity (Wildman–Crippen MR) is 52.6 cm³/mol. The second-order valence-electron chi connectivity index (χ2n) is 2.57. The quantitative estimate of drug-likeness (QED) is 0.199. The molecule has 0 aromatic heterocycles. The van der Waals surface area contributed by atoms with E-state index in [2.05, 4.69) is 10.0 Å². The molecule has 88 valence electrons. The minimum Gasteiger partial charge on any atom is -0.379 e. The van der Waals surface area contributed by atoms with E-state index in [1.807, 2.05) is 0 Å². The molecule has 8 nitrogen and oxygen atoms in total. The summed E-state index contributed by atoms with van der Waals surface area (Å²) in [4.78, 5) is 19.5. The standard InChI is InChI=1S/C6H14N3O5P/c7-9-8-1-2-13-3-4-14-5-6-15(10,11)12/h1-6H2,(H2,10,11,12). The van der Waals surface area contributed by atoms with Gasteiger partial charge in [0.15, 0.2) is 0 Å². The van der Waals surface area contributed by atoms with Crippen LogP contribution < -0.4 is 0 Å². The minimum absolute atomic E-state index is 0.00395. The third-order valence-electron chi connectivity index (χ3n) is 1.30. The van der Waals surface area contributed by atoms with Crippen molar-refractivity contribution in [1.82, 2.24) is 0 Å². The number of hydrogen-bond acceptors (Lipinski definition) is 4. The van der Waals surface area contributed by atoms with Crippen LogP contribution in [0.4, 0.5) is 0 Å². The molecule has 9 heteroatoms. The van der Waals surface area contributed by atoms with Gasteiger partial charge in [-0.15, -0.1) is 0 Å². The highest BCUT2D eigenvalue weighted by molar-refractivity contribution is 7.51. The molecule has 0 fully saturated rings. The van der Waals surface area contributed by atoms with Crippen molar-refractivity contribution in [2.45, 2.75) is 0 Å². The maximum atomic E-state index is 10.4. The maximum absolute atomic E-state index is 10.4. The van der Waals surface area contributed by atoms with Gasteiger partial charge >= 0.3 is 7.60 Å². The van der Waals surface area contributed by atoms with Crippen molar-refractivity contribution in [2.75, 3.05) is 39.1 Å². The second-order valence-corrected chi connectivity index (χ2v) is 4.34. The summed E-state index contributed by atoms with van der Waals surface area (Å²) < 4.78 is 20.3. The summed E-state index contributed by atoms with van der Waals surface area (Å²) in [6.45, 7) is 1.15. The van der Waals surface area contributed by atoms with Gasteiger partial charge in [-0.25, -0.2) is 0 Å². The Morgan fingerprint density at radius 3 is 2.33 bits per heavy atom. The smallest absolute Gasteiger partial charge is 0.327 e. The Bertz CT molecular complexity index is 249. The van der Waals surface area contributed by atoms with Gasteiger partial charge in [0.25, 0.3) is 0 Å². The lowest BCUT2D eigenvalue weighted by molar-refractivity contribution is 0.0557. The van der Waals surface area contributed by atoms with Crippen molar-refractivity contribution in [1.29, 1.82) is 0 Å².